The van der Waals surface area contributed by atoms with Gasteiger partial charge in [0.1, 0.15) is 6.33 Å². The number of carbonyl (C=O) groups excluding carboxylic acids is 1. The molecule has 1 aliphatic heterocycles. The van der Waals surface area contributed by atoms with Gasteiger partial charge in [-0.1, -0.05) is 0 Å². The number of likely N-dealkylation sites (N-methyl/N-ethyl adjacent to an activating group) is 1. The number of nitrogens with zero attached hydrogens (tertiary/aromatic N) is 4. The molecule has 0 aliphatic carbocycles. The molecule has 1 aromatic rings. The van der Waals surface area contributed by atoms with Gasteiger partial charge in [0, 0.05) is 38.6 Å². The lowest BCUT2D eigenvalue weighted by atomic mass is 10.1. The molecule has 0 bridgehead atoms. The molecule has 1 atom stereocenters. The van der Waals surface area contributed by atoms with Gasteiger partial charge in [0.2, 0.25) is 0 Å². The van der Waals surface area contributed by atoms with Crippen LogP contribution < -0.4 is 5.73 Å². The number of nitrogens with two attached hydrogens (primary N) is 1. The maximum atomic E-state index is 12.2. The van der Waals surface area contributed by atoms with Crippen molar-refractivity contribution in [2.45, 2.75) is 6.04 Å². The van der Waals surface area contributed by atoms with Crippen molar-refractivity contribution in [3.05, 3.63) is 24.3 Å². The van der Waals surface area contributed by atoms with Crippen molar-refractivity contribution in [3.63, 3.8) is 0 Å². The Morgan fingerprint density at radius 1 is 1.47 bits per heavy atom. The Balaban J connectivity index is 2.13. The third kappa shape index (κ3) is 2.59. The highest BCUT2D eigenvalue weighted by molar-refractivity contribution is 5.93. The molecule has 2 rings (SSSR count). The molecule has 1 saturated heterocycles. The first kappa shape index (κ1) is 11.9. The Hall–Kier alpha value is -1.53. The minimum atomic E-state index is -0.0332. The molecule has 0 aromatic carbocycles. The smallest absolute Gasteiger partial charge is 0.257 e. The van der Waals surface area contributed by atoms with E-state index in [0.29, 0.717) is 18.7 Å². The molecule has 6 heteroatoms. The summed E-state index contributed by atoms with van der Waals surface area (Å²) >= 11 is 0. The molecule has 0 spiro atoms. The summed E-state index contributed by atoms with van der Waals surface area (Å²) in [6, 6.07) is 0.0708. The van der Waals surface area contributed by atoms with Crippen LogP contribution in [0.15, 0.2) is 18.7 Å². The number of hydrogen-bond acceptors (Lipinski definition) is 5. The van der Waals surface area contributed by atoms with Gasteiger partial charge in [-0.15, -0.1) is 0 Å². The van der Waals surface area contributed by atoms with E-state index in [9.17, 15) is 4.79 Å². The molecule has 92 valence electrons. The lowest BCUT2D eigenvalue weighted by Crippen LogP contribution is -2.56. The van der Waals surface area contributed by atoms with Gasteiger partial charge in [0.05, 0.1) is 11.6 Å². The van der Waals surface area contributed by atoms with E-state index in [2.05, 4.69) is 14.9 Å². The zero-order valence-electron chi connectivity index (χ0n) is 9.91. The Labute approximate surface area is 100 Å². The predicted octanol–water partition coefficient (Wildman–Crippen LogP) is -0.808. The van der Waals surface area contributed by atoms with Crippen LogP contribution in [0, 0.1) is 0 Å². The SMILES string of the molecule is CN1CCN(C(=O)c2cncnc2)C(CN)C1. The van der Waals surface area contributed by atoms with Gasteiger partial charge < -0.3 is 15.5 Å². The van der Waals surface area contributed by atoms with Gasteiger partial charge in [-0.2, -0.15) is 0 Å². The third-order valence-corrected chi connectivity index (χ3v) is 3.03. The van der Waals surface area contributed by atoms with Crippen molar-refractivity contribution >= 4 is 5.91 Å². The summed E-state index contributed by atoms with van der Waals surface area (Å²) in [6.45, 7) is 2.86. The fourth-order valence-corrected chi connectivity index (χ4v) is 2.06. The summed E-state index contributed by atoms with van der Waals surface area (Å²) in [5, 5.41) is 0. The second kappa shape index (κ2) is 5.20. The molecule has 1 amide bonds. The average Bonchev–Trinajstić information content (AvgIpc) is 2.39. The van der Waals surface area contributed by atoms with Crippen LogP contribution in [0.3, 0.4) is 0 Å². The highest BCUT2D eigenvalue weighted by atomic mass is 16.2. The second-order valence-electron chi connectivity index (χ2n) is 4.28. The highest BCUT2D eigenvalue weighted by Crippen LogP contribution is 2.11. The number of piperazine rings is 1. The summed E-state index contributed by atoms with van der Waals surface area (Å²) in [5.41, 5.74) is 6.24. The molecule has 1 aromatic heterocycles. The van der Waals surface area contributed by atoms with Crippen LogP contribution in [0.1, 0.15) is 10.4 Å². The molecular weight excluding hydrogens is 218 g/mol. The van der Waals surface area contributed by atoms with Crippen molar-refractivity contribution in [2.24, 2.45) is 5.73 Å². The molecule has 17 heavy (non-hydrogen) atoms. The van der Waals surface area contributed by atoms with Crippen LogP contribution in [0.4, 0.5) is 0 Å². The van der Waals surface area contributed by atoms with E-state index < -0.39 is 0 Å². The Morgan fingerprint density at radius 2 is 2.18 bits per heavy atom. The van der Waals surface area contributed by atoms with E-state index in [1.165, 1.54) is 6.33 Å². The third-order valence-electron chi connectivity index (χ3n) is 3.03. The van der Waals surface area contributed by atoms with Gasteiger partial charge in [0.15, 0.2) is 0 Å². The Kier molecular flexibility index (Phi) is 3.65. The summed E-state index contributed by atoms with van der Waals surface area (Å²) in [4.78, 5) is 24.0. The minimum Gasteiger partial charge on any atom is -0.332 e. The lowest BCUT2D eigenvalue weighted by molar-refractivity contribution is 0.0515. The fraction of sp³-hybridized carbons (Fsp3) is 0.545. The van der Waals surface area contributed by atoms with Gasteiger partial charge in [-0.05, 0) is 7.05 Å². The van der Waals surface area contributed by atoms with E-state index in [1.807, 2.05) is 11.9 Å². The zero-order chi connectivity index (χ0) is 12.3. The number of hydrogen-bond donors (Lipinski definition) is 1. The maximum Gasteiger partial charge on any atom is 0.257 e. The molecule has 0 saturated carbocycles. The van der Waals surface area contributed by atoms with Gasteiger partial charge in [0.25, 0.3) is 5.91 Å². The van der Waals surface area contributed by atoms with Crippen LogP contribution in [-0.4, -0.2) is 64.9 Å². The van der Waals surface area contributed by atoms with E-state index in [0.717, 1.165) is 13.1 Å². The molecule has 2 N–H and O–H groups in total. The summed E-state index contributed by atoms with van der Waals surface area (Å²) < 4.78 is 0. The Morgan fingerprint density at radius 3 is 2.82 bits per heavy atom. The highest BCUT2D eigenvalue weighted by Gasteiger charge is 2.28. The molecular formula is C11H17N5O. The van der Waals surface area contributed by atoms with Crippen LogP contribution in [0.25, 0.3) is 0 Å². The molecule has 2 heterocycles. The van der Waals surface area contributed by atoms with Crippen LogP contribution in [-0.2, 0) is 0 Å². The van der Waals surface area contributed by atoms with Crippen molar-refractivity contribution in [1.82, 2.24) is 19.8 Å². The largest absolute Gasteiger partial charge is 0.332 e. The minimum absolute atomic E-state index is 0.0332. The zero-order valence-corrected chi connectivity index (χ0v) is 9.91. The van der Waals surface area contributed by atoms with Crippen molar-refractivity contribution < 1.29 is 4.79 Å². The van der Waals surface area contributed by atoms with E-state index >= 15 is 0 Å². The fourth-order valence-electron chi connectivity index (χ4n) is 2.06. The summed E-state index contributed by atoms with van der Waals surface area (Å²) in [5.74, 6) is -0.0332. The molecule has 1 aliphatic rings. The van der Waals surface area contributed by atoms with E-state index in [-0.39, 0.29) is 11.9 Å². The monoisotopic (exact) mass is 235 g/mol. The summed E-state index contributed by atoms with van der Waals surface area (Å²) in [7, 11) is 2.04. The topological polar surface area (TPSA) is 75.3 Å². The van der Waals surface area contributed by atoms with Crippen LogP contribution in [0.2, 0.25) is 0 Å². The van der Waals surface area contributed by atoms with Crippen LogP contribution in [0.5, 0.6) is 0 Å². The number of carbonyl (C=O) groups is 1. The average molecular weight is 235 g/mol. The Bertz CT molecular complexity index is 383. The lowest BCUT2D eigenvalue weighted by Gasteiger charge is -2.39. The number of rotatable bonds is 2. The molecule has 0 radical (unpaired) electrons. The van der Waals surface area contributed by atoms with Gasteiger partial charge >= 0.3 is 0 Å². The normalized spacial score (nSPS) is 21.5. The number of amides is 1. The van der Waals surface area contributed by atoms with Crippen molar-refractivity contribution in [2.75, 3.05) is 33.2 Å². The maximum absolute atomic E-state index is 12.2. The van der Waals surface area contributed by atoms with Crippen LogP contribution >= 0.6 is 0 Å². The molecule has 1 unspecified atom stereocenters. The quantitative estimate of drug-likeness (QED) is 0.725. The molecule has 1 fully saturated rings. The first-order chi connectivity index (χ1) is 8.22. The second-order valence-corrected chi connectivity index (χ2v) is 4.28. The first-order valence-electron chi connectivity index (χ1n) is 5.67. The van der Waals surface area contributed by atoms with E-state index in [4.69, 9.17) is 5.73 Å². The van der Waals surface area contributed by atoms with Gasteiger partial charge in [-0.25, -0.2) is 9.97 Å². The predicted molar refractivity (Wildman–Crippen MR) is 63.4 cm³/mol. The van der Waals surface area contributed by atoms with E-state index in [1.54, 1.807) is 12.4 Å². The van der Waals surface area contributed by atoms with Crippen molar-refractivity contribution in [3.8, 4) is 0 Å². The first-order valence-corrected chi connectivity index (χ1v) is 5.67. The summed E-state index contributed by atoms with van der Waals surface area (Å²) in [6.07, 6.45) is 4.50. The van der Waals surface area contributed by atoms with Gasteiger partial charge in [-0.3, -0.25) is 4.79 Å². The standard InChI is InChI=1S/C11H17N5O/c1-15-2-3-16(10(4-12)7-15)11(17)9-5-13-8-14-6-9/h5-6,8,10H,2-4,7,12H2,1H3. The van der Waals surface area contributed by atoms with Crippen molar-refractivity contribution in [1.29, 1.82) is 0 Å². The molecule has 6 nitrogen and oxygen atoms in total. The number of aromatic nitrogens is 2.